The molecule has 3 nitrogen and oxygen atoms in total. The molecule has 0 aliphatic rings. The van der Waals surface area contributed by atoms with E-state index in [-0.39, 0.29) is 0 Å². The van der Waals surface area contributed by atoms with Crippen molar-refractivity contribution in [3.05, 3.63) is 35.9 Å². The number of hydrogen-bond donors (Lipinski definition) is 1. The van der Waals surface area contributed by atoms with E-state index >= 15 is 0 Å². The average Bonchev–Trinajstić information content (AvgIpc) is 2.22. The molecule has 1 aromatic carbocycles. The minimum absolute atomic E-state index is 0.330. The normalized spacial score (nSPS) is 13.1. The molecule has 0 aliphatic carbocycles. The van der Waals surface area contributed by atoms with Gasteiger partial charge in [-0.2, -0.15) is 0 Å². The summed E-state index contributed by atoms with van der Waals surface area (Å²) < 4.78 is 22.5. The van der Waals surface area contributed by atoms with Gasteiger partial charge in [-0.05, 0) is 44.4 Å². The fourth-order valence-corrected chi connectivity index (χ4v) is 2.11. The maximum absolute atomic E-state index is 11.3. The first-order chi connectivity index (χ1) is 8.18. The molecule has 0 unspecified atom stereocenters. The summed E-state index contributed by atoms with van der Waals surface area (Å²) in [7, 11) is -3.12. The van der Waals surface area contributed by atoms with Crippen molar-refractivity contribution < 1.29 is 13.5 Å². The Hall–Kier alpha value is -1.13. The molecule has 100 valence electrons. The largest absolute Gasteiger partial charge is 0.390 e. The third kappa shape index (κ3) is 5.47. The topological polar surface area (TPSA) is 54.4 Å². The highest BCUT2D eigenvalue weighted by atomic mass is 32.2. The fourth-order valence-electron chi connectivity index (χ4n) is 1.48. The van der Waals surface area contributed by atoms with E-state index in [2.05, 4.69) is 0 Å². The zero-order valence-corrected chi connectivity index (χ0v) is 11.9. The van der Waals surface area contributed by atoms with Gasteiger partial charge < -0.3 is 5.11 Å². The summed E-state index contributed by atoms with van der Waals surface area (Å²) in [5.74, 6) is 0. The lowest BCUT2D eigenvalue weighted by atomic mass is 10.0. The molecule has 0 saturated heterocycles. The predicted molar refractivity (Wildman–Crippen MR) is 74.1 cm³/mol. The van der Waals surface area contributed by atoms with Gasteiger partial charge in [-0.1, -0.05) is 24.3 Å². The molecule has 0 atom stereocenters. The summed E-state index contributed by atoms with van der Waals surface area (Å²) in [6, 6.07) is 6.75. The van der Waals surface area contributed by atoms with E-state index in [4.69, 9.17) is 0 Å². The minimum Gasteiger partial charge on any atom is -0.390 e. The molecule has 4 heteroatoms. The van der Waals surface area contributed by atoms with Gasteiger partial charge in [0.2, 0.25) is 0 Å². The fraction of sp³-hybridized carbons (Fsp3) is 0.429. The van der Waals surface area contributed by atoms with E-state index in [0.717, 1.165) is 12.0 Å². The predicted octanol–water partition coefficient (Wildman–Crippen LogP) is 2.65. The van der Waals surface area contributed by atoms with Crippen LogP contribution >= 0.6 is 0 Å². The minimum atomic E-state index is -3.12. The molecule has 0 saturated carbocycles. The highest BCUT2D eigenvalue weighted by molar-refractivity contribution is 7.90. The van der Waals surface area contributed by atoms with E-state index in [1.54, 1.807) is 38.1 Å². The summed E-state index contributed by atoms with van der Waals surface area (Å²) in [6.45, 7) is 3.56. The monoisotopic (exact) mass is 268 g/mol. The Morgan fingerprint density at radius 1 is 1.22 bits per heavy atom. The number of aliphatic hydroxyl groups is 1. The third-order valence-corrected chi connectivity index (χ3v) is 3.67. The maximum Gasteiger partial charge on any atom is 0.175 e. The molecular formula is C14H20O3S. The van der Waals surface area contributed by atoms with Gasteiger partial charge in [0.15, 0.2) is 9.84 Å². The lowest BCUT2D eigenvalue weighted by Crippen LogP contribution is -2.17. The Morgan fingerprint density at radius 2 is 1.78 bits per heavy atom. The number of rotatable bonds is 5. The second-order valence-electron chi connectivity index (χ2n) is 5.09. The van der Waals surface area contributed by atoms with Crippen molar-refractivity contribution in [2.75, 3.05) is 6.26 Å². The van der Waals surface area contributed by atoms with E-state index in [0.29, 0.717) is 11.3 Å². The first-order valence-electron chi connectivity index (χ1n) is 5.87. The van der Waals surface area contributed by atoms with Crippen molar-refractivity contribution in [3.63, 3.8) is 0 Å². The molecule has 0 radical (unpaired) electrons. The molecule has 0 bridgehead atoms. The van der Waals surface area contributed by atoms with Crippen LogP contribution in [0.5, 0.6) is 0 Å². The maximum atomic E-state index is 11.3. The summed E-state index contributed by atoms with van der Waals surface area (Å²) >= 11 is 0. The Balaban J connectivity index is 2.62. The van der Waals surface area contributed by atoms with Gasteiger partial charge in [0.05, 0.1) is 10.5 Å². The van der Waals surface area contributed by atoms with Gasteiger partial charge in [-0.3, -0.25) is 0 Å². The molecule has 0 amide bonds. The molecule has 1 N–H and O–H groups in total. The number of allylic oxidation sites excluding steroid dienone is 1. The first-order valence-corrected chi connectivity index (χ1v) is 7.77. The molecule has 0 heterocycles. The second kappa shape index (κ2) is 5.67. The molecular weight excluding hydrogens is 248 g/mol. The summed E-state index contributed by atoms with van der Waals surface area (Å²) in [6.07, 6.45) is 6.59. The molecule has 0 aliphatic heterocycles. The zero-order chi connectivity index (χ0) is 13.8. The molecule has 1 rings (SSSR count). The van der Waals surface area contributed by atoms with E-state index in [1.807, 2.05) is 12.2 Å². The molecule has 0 fully saturated rings. The van der Waals surface area contributed by atoms with Crippen LogP contribution in [0, 0.1) is 0 Å². The van der Waals surface area contributed by atoms with Gasteiger partial charge in [0.1, 0.15) is 0 Å². The van der Waals surface area contributed by atoms with Gasteiger partial charge in [-0.15, -0.1) is 0 Å². The van der Waals surface area contributed by atoms with Crippen LogP contribution in [-0.2, 0) is 9.84 Å². The first kappa shape index (κ1) is 14.9. The van der Waals surface area contributed by atoms with Crippen LogP contribution in [0.25, 0.3) is 6.08 Å². The van der Waals surface area contributed by atoms with Gasteiger partial charge in [-0.25, -0.2) is 8.42 Å². The highest BCUT2D eigenvalue weighted by Crippen LogP contribution is 2.14. The van der Waals surface area contributed by atoms with Crippen molar-refractivity contribution in [2.24, 2.45) is 0 Å². The number of hydrogen-bond acceptors (Lipinski definition) is 3. The molecule has 0 aromatic heterocycles. The molecule has 18 heavy (non-hydrogen) atoms. The van der Waals surface area contributed by atoms with Crippen LogP contribution in [0.2, 0.25) is 0 Å². The molecule has 0 spiro atoms. The third-order valence-electron chi connectivity index (χ3n) is 2.54. The Labute approximate surface area is 109 Å². The van der Waals surface area contributed by atoms with Crippen molar-refractivity contribution in [3.8, 4) is 0 Å². The van der Waals surface area contributed by atoms with Gasteiger partial charge in [0.25, 0.3) is 0 Å². The van der Waals surface area contributed by atoms with Crippen molar-refractivity contribution in [1.82, 2.24) is 0 Å². The summed E-state index contributed by atoms with van der Waals surface area (Å²) in [5, 5.41) is 9.54. The van der Waals surface area contributed by atoms with Crippen LogP contribution in [0.1, 0.15) is 32.3 Å². The standard InChI is InChI=1S/C14H20O3S/c1-14(2,15)11-5-4-6-12-7-9-13(10-8-12)18(3,16)17/h4,6-10,15H,5,11H2,1-3H3/b6-4+. The van der Waals surface area contributed by atoms with Gasteiger partial charge in [0, 0.05) is 6.26 Å². The lowest BCUT2D eigenvalue weighted by Gasteiger charge is -2.14. The Bertz CT molecular complexity index is 505. The van der Waals surface area contributed by atoms with Crippen LogP contribution in [0.3, 0.4) is 0 Å². The summed E-state index contributed by atoms with van der Waals surface area (Å²) in [5.41, 5.74) is 0.308. The van der Waals surface area contributed by atoms with Crippen LogP contribution in [-0.4, -0.2) is 25.4 Å². The number of benzene rings is 1. The van der Waals surface area contributed by atoms with Crippen LogP contribution in [0.4, 0.5) is 0 Å². The van der Waals surface area contributed by atoms with Gasteiger partial charge >= 0.3 is 0 Å². The molecule has 1 aromatic rings. The highest BCUT2D eigenvalue weighted by Gasteiger charge is 2.09. The zero-order valence-electron chi connectivity index (χ0n) is 11.1. The van der Waals surface area contributed by atoms with Crippen molar-refractivity contribution in [2.45, 2.75) is 37.2 Å². The van der Waals surface area contributed by atoms with Crippen LogP contribution < -0.4 is 0 Å². The SMILES string of the molecule is CC(C)(O)CC/C=C/c1ccc(S(C)(=O)=O)cc1. The van der Waals surface area contributed by atoms with Crippen molar-refractivity contribution in [1.29, 1.82) is 0 Å². The lowest BCUT2D eigenvalue weighted by molar-refractivity contribution is 0.0722. The number of sulfone groups is 1. The quantitative estimate of drug-likeness (QED) is 0.893. The average molecular weight is 268 g/mol. The second-order valence-corrected chi connectivity index (χ2v) is 7.11. The Morgan fingerprint density at radius 3 is 2.22 bits per heavy atom. The van der Waals surface area contributed by atoms with E-state index in [9.17, 15) is 13.5 Å². The van der Waals surface area contributed by atoms with E-state index < -0.39 is 15.4 Å². The van der Waals surface area contributed by atoms with Crippen LogP contribution in [0.15, 0.2) is 35.2 Å². The smallest absolute Gasteiger partial charge is 0.175 e. The van der Waals surface area contributed by atoms with E-state index in [1.165, 1.54) is 6.26 Å². The Kier molecular flexibility index (Phi) is 4.71. The summed E-state index contributed by atoms with van der Waals surface area (Å²) in [4.78, 5) is 0.330. The van der Waals surface area contributed by atoms with Crippen molar-refractivity contribution >= 4 is 15.9 Å².